The normalized spacial score (nSPS) is 26.1. The van der Waals surface area contributed by atoms with Gasteiger partial charge in [0.05, 0.1) is 12.7 Å². The van der Waals surface area contributed by atoms with Gasteiger partial charge in [-0.15, -0.1) is 0 Å². The molecule has 16 heavy (non-hydrogen) atoms. The maximum absolute atomic E-state index is 9.22. The molecule has 1 fully saturated rings. The third-order valence-corrected chi connectivity index (χ3v) is 2.97. The number of aliphatic hydroxyl groups excluding tert-OH is 1. The zero-order chi connectivity index (χ0) is 11.4. The van der Waals surface area contributed by atoms with E-state index >= 15 is 0 Å². The predicted octanol–water partition coefficient (Wildman–Crippen LogP) is 1.66. The molecule has 1 aromatic rings. The molecule has 3 unspecified atom stereocenters. The Labute approximate surface area is 96.4 Å². The van der Waals surface area contributed by atoms with Crippen molar-refractivity contribution in [3.8, 4) is 0 Å². The van der Waals surface area contributed by atoms with E-state index in [2.05, 4.69) is 17.4 Å². The number of rotatable bonds is 5. The topological polar surface area (TPSA) is 41.5 Å². The Balaban J connectivity index is 1.74. The first-order chi connectivity index (χ1) is 7.75. The van der Waals surface area contributed by atoms with Crippen LogP contribution in [0.15, 0.2) is 30.3 Å². The highest BCUT2D eigenvalue weighted by molar-refractivity contribution is 5.13. The van der Waals surface area contributed by atoms with Gasteiger partial charge < -0.3 is 9.84 Å². The second-order valence-corrected chi connectivity index (χ2v) is 4.36. The maximum atomic E-state index is 9.22. The molecule has 0 heterocycles. The smallest absolute Gasteiger partial charge is 0.102 e. The Morgan fingerprint density at radius 2 is 2.12 bits per heavy atom. The molecule has 0 aliphatic heterocycles. The summed E-state index contributed by atoms with van der Waals surface area (Å²) in [5, 5.41) is 12.3. The van der Waals surface area contributed by atoms with E-state index in [-0.39, 0.29) is 6.10 Å². The van der Waals surface area contributed by atoms with Gasteiger partial charge >= 0.3 is 0 Å². The van der Waals surface area contributed by atoms with Crippen molar-refractivity contribution in [2.75, 3.05) is 0 Å². The van der Waals surface area contributed by atoms with Gasteiger partial charge in [0.25, 0.3) is 0 Å². The quantitative estimate of drug-likeness (QED) is 0.743. The fraction of sp³-hybridized carbons (Fsp3) is 0.538. The lowest BCUT2D eigenvalue weighted by Crippen LogP contribution is -2.52. The minimum atomic E-state index is -0.451. The van der Waals surface area contributed by atoms with Crippen LogP contribution >= 0.6 is 0 Å². The number of ether oxygens (including phenoxy) is 1. The molecule has 0 spiro atoms. The van der Waals surface area contributed by atoms with Crippen LogP contribution in [0.2, 0.25) is 0 Å². The van der Waals surface area contributed by atoms with E-state index in [9.17, 15) is 5.11 Å². The first-order valence-corrected chi connectivity index (χ1v) is 5.85. The molecule has 3 nitrogen and oxygen atoms in total. The molecule has 2 N–H and O–H groups in total. The van der Waals surface area contributed by atoms with Gasteiger partial charge in [0, 0.05) is 6.04 Å². The van der Waals surface area contributed by atoms with Crippen molar-refractivity contribution in [3.05, 3.63) is 35.9 Å². The Morgan fingerprint density at radius 3 is 2.69 bits per heavy atom. The van der Waals surface area contributed by atoms with E-state index in [1.165, 1.54) is 5.56 Å². The molecule has 0 bridgehead atoms. The summed E-state index contributed by atoms with van der Waals surface area (Å²) < 4.78 is 5.80. The third kappa shape index (κ3) is 3.04. The molecule has 1 aliphatic carbocycles. The van der Waals surface area contributed by atoms with Gasteiger partial charge in [-0.3, -0.25) is 5.32 Å². The van der Waals surface area contributed by atoms with Crippen molar-refractivity contribution in [3.63, 3.8) is 0 Å². The Kier molecular flexibility index (Phi) is 3.93. The number of hydrogen-bond acceptors (Lipinski definition) is 3. The zero-order valence-corrected chi connectivity index (χ0v) is 9.60. The van der Waals surface area contributed by atoms with Crippen LogP contribution < -0.4 is 5.32 Å². The summed E-state index contributed by atoms with van der Waals surface area (Å²) in [6.07, 6.45) is 1.96. The summed E-state index contributed by atoms with van der Waals surface area (Å²) in [5.74, 6) is 0. The summed E-state index contributed by atoms with van der Waals surface area (Å²) in [6.45, 7) is 2.40. The van der Waals surface area contributed by atoms with Crippen LogP contribution in [-0.2, 0) is 11.3 Å². The van der Waals surface area contributed by atoms with Crippen LogP contribution in [0.5, 0.6) is 0 Å². The second kappa shape index (κ2) is 5.43. The maximum Gasteiger partial charge on any atom is 0.102 e. The van der Waals surface area contributed by atoms with Crippen LogP contribution in [-0.4, -0.2) is 23.5 Å². The number of nitrogens with one attached hydrogen (secondary N) is 1. The number of benzene rings is 1. The Bertz CT molecular complexity index is 313. The van der Waals surface area contributed by atoms with Crippen LogP contribution in [0.4, 0.5) is 0 Å². The summed E-state index contributed by atoms with van der Waals surface area (Å²) in [5.41, 5.74) is 1.20. The van der Waals surface area contributed by atoms with E-state index in [0.29, 0.717) is 12.6 Å². The molecule has 0 amide bonds. The van der Waals surface area contributed by atoms with Crippen molar-refractivity contribution in [1.82, 2.24) is 5.32 Å². The van der Waals surface area contributed by atoms with Gasteiger partial charge in [-0.25, -0.2) is 0 Å². The van der Waals surface area contributed by atoms with E-state index in [4.69, 9.17) is 4.74 Å². The molecule has 0 radical (unpaired) electrons. The fourth-order valence-corrected chi connectivity index (χ4v) is 1.95. The highest BCUT2D eigenvalue weighted by atomic mass is 16.5. The zero-order valence-electron chi connectivity index (χ0n) is 9.60. The van der Waals surface area contributed by atoms with E-state index in [1.807, 2.05) is 18.2 Å². The van der Waals surface area contributed by atoms with Gasteiger partial charge in [0.1, 0.15) is 6.23 Å². The highest BCUT2D eigenvalue weighted by Gasteiger charge is 2.31. The number of aliphatic hydroxyl groups is 1. The molecule has 1 saturated carbocycles. The predicted molar refractivity (Wildman–Crippen MR) is 62.9 cm³/mol. The third-order valence-electron chi connectivity index (χ3n) is 2.97. The summed E-state index contributed by atoms with van der Waals surface area (Å²) >= 11 is 0. The minimum absolute atomic E-state index is 0.245. The largest absolute Gasteiger partial charge is 0.379 e. The Hall–Kier alpha value is -0.900. The lowest BCUT2D eigenvalue weighted by molar-refractivity contribution is -0.0503. The van der Waals surface area contributed by atoms with E-state index in [1.54, 1.807) is 6.92 Å². The summed E-state index contributed by atoms with van der Waals surface area (Å²) in [7, 11) is 0. The molecular formula is C13H19NO2. The molecule has 1 aromatic carbocycles. The van der Waals surface area contributed by atoms with Crippen molar-refractivity contribution in [2.24, 2.45) is 0 Å². The van der Waals surface area contributed by atoms with Crippen molar-refractivity contribution in [1.29, 1.82) is 0 Å². The minimum Gasteiger partial charge on any atom is -0.379 e. The van der Waals surface area contributed by atoms with Crippen molar-refractivity contribution in [2.45, 2.75) is 44.7 Å². The average Bonchev–Trinajstić information content (AvgIpc) is 2.26. The van der Waals surface area contributed by atoms with Gasteiger partial charge in [-0.2, -0.15) is 0 Å². The average molecular weight is 221 g/mol. The van der Waals surface area contributed by atoms with Crippen LogP contribution in [0.1, 0.15) is 25.3 Å². The fourth-order valence-electron chi connectivity index (χ4n) is 1.95. The Morgan fingerprint density at radius 1 is 1.38 bits per heavy atom. The standard InChI is InChI=1S/C13H19NO2/c1-10(15)14-12-7-8-13(12)16-9-11-5-3-2-4-6-11/h2-6,10,12-15H,7-9H2,1H3. The van der Waals surface area contributed by atoms with Gasteiger partial charge in [0.2, 0.25) is 0 Å². The molecular weight excluding hydrogens is 202 g/mol. The number of hydrogen-bond donors (Lipinski definition) is 2. The lowest BCUT2D eigenvalue weighted by Gasteiger charge is -2.37. The van der Waals surface area contributed by atoms with Crippen LogP contribution in [0, 0.1) is 0 Å². The monoisotopic (exact) mass is 221 g/mol. The molecule has 88 valence electrons. The van der Waals surface area contributed by atoms with Crippen molar-refractivity contribution >= 4 is 0 Å². The van der Waals surface area contributed by atoms with Crippen molar-refractivity contribution < 1.29 is 9.84 Å². The van der Waals surface area contributed by atoms with Gasteiger partial charge in [-0.1, -0.05) is 30.3 Å². The molecule has 0 saturated heterocycles. The molecule has 3 heteroatoms. The SMILES string of the molecule is CC(O)NC1CCC1OCc1ccccc1. The van der Waals surface area contributed by atoms with E-state index in [0.717, 1.165) is 12.8 Å². The summed E-state index contributed by atoms with van der Waals surface area (Å²) in [6, 6.07) is 10.5. The van der Waals surface area contributed by atoms with Gasteiger partial charge in [-0.05, 0) is 25.3 Å². The van der Waals surface area contributed by atoms with Crippen LogP contribution in [0.25, 0.3) is 0 Å². The molecule has 1 aliphatic rings. The van der Waals surface area contributed by atoms with Crippen LogP contribution in [0.3, 0.4) is 0 Å². The first kappa shape index (κ1) is 11.6. The van der Waals surface area contributed by atoms with E-state index < -0.39 is 6.23 Å². The molecule has 0 aromatic heterocycles. The first-order valence-electron chi connectivity index (χ1n) is 5.85. The second-order valence-electron chi connectivity index (χ2n) is 4.36. The lowest BCUT2D eigenvalue weighted by atomic mass is 9.89. The molecule has 2 rings (SSSR count). The molecule has 3 atom stereocenters. The highest BCUT2D eigenvalue weighted by Crippen LogP contribution is 2.24. The van der Waals surface area contributed by atoms with Gasteiger partial charge in [0.15, 0.2) is 0 Å². The summed E-state index contributed by atoms with van der Waals surface area (Å²) in [4.78, 5) is 0.